The van der Waals surface area contributed by atoms with Gasteiger partial charge in [0.05, 0.1) is 27.2 Å². The molecule has 0 saturated carbocycles. The molecule has 0 aliphatic rings. The minimum absolute atomic E-state index is 0. The number of halogens is 5. The average molecular weight is 881 g/mol. The van der Waals surface area contributed by atoms with Crippen LogP contribution in [0.1, 0.15) is 63.0 Å². The van der Waals surface area contributed by atoms with Crippen LogP contribution in [0, 0.1) is 0 Å². The van der Waals surface area contributed by atoms with Gasteiger partial charge in [-0.3, -0.25) is 9.59 Å². The average Bonchev–Trinajstić information content (AvgIpc) is 3.17. The van der Waals surface area contributed by atoms with Crippen molar-refractivity contribution in [3.63, 3.8) is 0 Å². The molecule has 4 aromatic rings. The lowest BCUT2D eigenvalue weighted by Crippen LogP contribution is -2.07. The number of methoxy groups -OCH3 is 1. The molecule has 6 N–H and O–H groups in total. The molecule has 0 amide bonds. The summed E-state index contributed by atoms with van der Waals surface area (Å²) < 4.78 is 15.6. The van der Waals surface area contributed by atoms with Crippen LogP contribution in [0.5, 0.6) is 0 Å². The first-order valence-electron chi connectivity index (χ1n) is 17.3. The number of rotatable bonds is 20. The number of anilines is 2. The number of nitrogen functional groups attached to an aromatic ring is 2. The normalized spacial score (nSPS) is 10.3. The Morgan fingerprint density at radius 1 is 0.643 bits per heavy atom. The summed E-state index contributed by atoms with van der Waals surface area (Å²) in [5, 5.41) is 33.6. The molecule has 0 aliphatic carbocycles. The Morgan fingerprint density at radius 2 is 1.05 bits per heavy atom. The van der Waals surface area contributed by atoms with Crippen LogP contribution in [0.3, 0.4) is 0 Å². The van der Waals surface area contributed by atoms with Gasteiger partial charge in [-0.25, -0.2) is 9.97 Å². The largest absolute Gasteiger partial charge is 0.481 e. The predicted octanol–water partition coefficient (Wildman–Crippen LogP) is 7.38. The lowest BCUT2D eigenvalue weighted by Gasteiger charge is -2.08. The minimum atomic E-state index is -0.783. The number of benzene rings is 2. The van der Waals surface area contributed by atoms with E-state index < -0.39 is 5.97 Å². The monoisotopic (exact) mass is 878 g/mol. The van der Waals surface area contributed by atoms with Crippen molar-refractivity contribution in [2.24, 2.45) is 0 Å². The first kappa shape index (κ1) is 50.3. The fourth-order valence-corrected chi connectivity index (χ4v) is 5.42. The molecule has 0 radical (unpaired) electrons. The Labute approximate surface area is 352 Å². The molecule has 2 aromatic carbocycles. The Kier molecular flexibility index (Phi) is 25.8. The van der Waals surface area contributed by atoms with Gasteiger partial charge in [0.2, 0.25) is 0 Å². The fraction of sp³-hybridized carbons (Fsp3) is 0.444. The van der Waals surface area contributed by atoms with Gasteiger partial charge in [-0.2, -0.15) is 0 Å². The van der Waals surface area contributed by atoms with Gasteiger partial charge in [-0.1, -0.05) is 70.7 Å². The summed E-state index contributed by atoms with van der Waals surface area (Å²) in [7, 11) is 2.39. The minimum Gasteiger partial charge on any atom is -0.481 e. The van der Waals surface area contributed by atoms with Gasteiger partial charge in [-0.05, 0) is 50.7 Å². The summed E-state index contributed by atoms with van der Waals surface area (Å²) in [5.74, 6) is 0.596. The summed E-state index contributed by atoms with van der Waals surface area (Å²) in [5.41, 5.74) is 14.0. The van der Waals surface area contributed by atoms with E-state index in [9.17, 15) is 9.59 Å². The topological polar surface area (TPSA) is 232 Å². The van der Waals surface area contributed by atoms with Crippen LogP contribution in [0.2, 0.25) is 20.1 Å². The third-order valence-corrected chi connectivity index (χ3v) is 9.02. The molecule has 0 bridgehead atoms. The highest BCUT2D eigenvalue weighted by Gasteiger charge is 2.15. The number of ether oxygens (including phenoxy) is 3. The van der Waals surface area contributed by atoms with Crippen molar-refractivity contribution in [2.45, 2.75) is 64.2 Å². The van der Waals surface area contributed by atoms with E-state index in [2.05, 4.69) is 35.1 Å². The number of aliphatic carboxylic acids is 1. The summed E-state index contributed by atoms with van der Waals surface area (Å²) in [6.07, 6.45) is 6.15. The smallest absolute Gasteiger partial charge is 0.305 e. The van der Waals surface area contributed by atoms with Crippen LogP contribution >= 0.6 is 58.8 Å². The van der Waals surface area contributed by atoms with Gasteiger partial charge in [0.15, 0.2) is 23.3 Å². The van der Waals surface area contributed by atoms with Crippen LogP contribution in [0.15, 0.2) is 36.4 Å². The van der Waals surface area contributed by atoms with Crippen molar-refractivity contribution in [1.29, 1.82) is 0 Å². The molecule has 4 rings (SSSR count). The fourth-order valence-electron chi connectivity index (χ4n) is 4.64. The molecule has 56 heavy (non-hydrogen) atoms. The molecule has 308 valence electrons. The second-order valence-corrected chi connectivity index (χ2v) is 13.0. The highest BCUT2D eigenvalue weighted by molar-refractivity contribution is 6.44. The molecule has 0 atom stereocenters. The number of hydrogen-bond donors (Lipinski definition) is 4. The number of nitrogens with two attached hydrogens (primary N) is 2. The number of aliphatic hydroxyl groups is 1. The highest BCUT2D eigenvalue weighted by atomic mass is 35.5. The highest BCUT2D eigenvalue weighted by Crippen LogP contribution is 2.35. The Balaban J connectivity index is 0.000000528. The van der Waals surface area contributed by atoms with Crippen molar-refractivity contribution < 1.29 is 34.0 Å². The van der Waals surface area contributed by atoms with E-state index >= 15 is 0 Å². The van der Waals surface area contributed by atoms with Gasteiger partial charge in [0, 0.05) is 70.3 Å². The van der Waals surface area contributed by atoms with E-state index in [-0.39, 0.29) is 36.4 Å². The van der Waals surface area contributed by atoms with Crippen LogP contribution < -0.4 is 11.5 Å². The molecule has 0 spiro atoms. The maximum atomic E-state index is 11.0. The molecule has 0 fully saturated rings. The van der Waals surface area contributed by atoms with Crippen LogP contribution in [-0.4, -0.2) is 93.2 Å². The van der Waals surface area contributed by atoms with Gasteiger partial charge in [0.25, 0.3) is 0 Å². The molecule has 0 unspecified atom stereocenters. The summed E-state index contributed by atoms with van der Waals surface area (Å²) in [6, 6.07) is 10.4. The quantitative estimate of drug-likeness (QED) is 0.0501. The second-order valence-electron chi connectivity index (χ2n) is 11.4. The van der Waals surface area contributed by atoms with Gasteiger partial charge < -0.3 is 35.9 Å². The molecule has 2 aromatic heterocycles. The lowest BCUT2D eigenvalue weighted by atomic mass is 10.1. The standard InChI is InChI=1S/C18H22Cl2N4O3.C17H20Cl2N4O3.CH4O.ClH/c1-26-15(25)9-2-3-10-27-11-5-8-14-22-18(21)17(24-23-14)12-6-4-7-13(19)16(12)20;18-12-6-3-5-11(15(12)19)16-17(20)21-13(22-23-16)7-4-10-26-9-2-1-8-14(24)25;1-2;/h4,6-7H,2-3,5,8-11H2,1H3,(H2,21,22,23);3,5-6H,1-2,4,7-10H2,(H,24,25)(H2,20,21,22);2H,1H3;1H. The number of nitrogens with zero attached hydrogens (tertiary/aromatic N) is 6. The number of carbonyl (C=O) groups excluding carboxylic acids is 1. The summed E-state index contributed by atoms with van der Waals surface area (Å²) >= 11 is 24.4. The summed E-state index contributed by atoms with van der Waals surface area (Å²) in [4.78, 5) is 29.9. The zero-order chi connectivity index (χ0) is 40.6. The van der Waals surface area contributed by atoms with E-state index in [1.807, 2.05) is 0 Å². The van der Waals surface area contributed by atoms with Crippen molar-refractivity contribution >= 4 is 82.4 Å². The van der Waals surface area contributed by atoms with Crippen LogP contribution in [0.4, 0.5) is 11.6 Å². The molecule has 0 saturated heterocycles. The van der Waals surface area contributed by atoms with Crippen molar-refractivity contribution in [3.05, 3.63) is 68.1 Å². The van der Waals surface area contributed by atoms with E-state index in [1.165, 1.54) is 7.11 Å². The number of unbranched alkanes of at least 4 members (excludes halogenated alkanes) is 2. The van der Waals surface area contributed by atoms with E-state index in [1.54, 1.807) is 36.4 Å². The van der Waals surface area contributed by atoms with E-state index in [0.29, 0.717) is 106 Å². The predicted molar refractivity (Wildman–Crippen MR) is 220 cm³/mol. The Bertz CT molecular complexity index is 1800. The second kappa shape index (κ2) is 28.7. The molecule has 2 heterocycles. The number of aromatic nitrogens is 6. The Hall–Kier alpha value is -3.67. The van der Waals surface area contributed by atoms with Gasteiger partial charge in [-0.15, -0.1) is 32.8 Å². The maximum absolute atomic E-state index is 11.0. The molecular weight excluding hydrogens is 834 g/mol. The lowest BCUT2D eigenvalue weighted by molar-refractivity contribution is -0.141. The number of hydrogen-bond acceptors (Lipinski definition) is 14. The third kappa shape index (κ3) is 18.1. The Morgan fingerprint density at radius 3 is 1.45 bits per heavy atom. The van der Waals surface area contributed by atoms with Crippen molar-refractivity contribution in [2.75, 3.05) is 52.1 Å². The number of aliphatic hydroxyl groups excluding tert-OH is 1. The molecule has 15 nitrogen and oxygen atoms in total. The summed E-state index contributed by atoms with van der Waals surface area (Å²) in [6.45, 7) is 2.26. The van der Waals surface area contributed by atoms with E-state index in [0.717, 1.165) is 39.2 Å². The zero-order valence-electron chi connectivity index (χ0n) is 31.1. The first-order valence-corrected chi connectivity index (χ1v) is 18.8. The number of carboxylic acids is 1. The van der Waals surface area contributed by atoms with Gasteiger partial charge >= 0.3 is 11.9 Å². The van der Waals surface area contributed by atoms with Gasteiger partial charge in [0.1, 0.15) is 11.4 Å². The zero-order valence-corrected chi connectivity index (χ0v) is 34.9. The van der Waals surface area contributed by atoms with Crippen molar-refractivity contribution in [1.82, 2.24) is 30.4 Å². The number of carbonyl (C=O) groups is 2. The molecule has 0 aliphatic heterocycles. The SMILES string of the molecule is CO.COC(=O)CCCCOCCCc1nnc(-c2cccc(Cl)c2Cl)c(N)n1.Cl.Nc1nc(CCCOCCCCC(=O)O)nnc1-c1cccc(Cl)c1Cl. The van der Waals surface area contributed by atoms with E-state index in [4.69, 9.17) is 77.6 Å². The third-order valence-electron chi connectivity index (χ3n) is 7.38. The molecule has 20 heteroatoms. The number of aryl methyl sites for hydroxylation is 2. The van der Waals surface area contributed by atoms with Crippen LogP contribution in [-0.2, 0) is 36.6 Å². The molecular formula is C36H47Cl5N8O7. The van der Waals surface area contributed by atoms with Crippen molar-refractivity contribution in [3.8, 4) is 22.5 Å². The number of carboxylic acid groups (broad SMARTS) is 1. The number of esters is 1. The maximum Gasteiger partial charge on any atom is 0.305 e. The van der Waals surface area contributed by atoms with Crippen LogP contribution in [0.25, 0.3) is 22.5 Å². The first-order chi connectivity index (χ1) is 26.5.